The van der Waals surface area contributed by atoms with E-state index in [0.29, 0.717) is 18.0 Å². The predicted octanol–water partition coefficient (Wildman–Crippen LogP) is 4.49. The molecule has 1 aromatic carbocycles. The molecule has 0 aliphatic heterocycles. The summed E-state index contributed by atoms with van der Waals surface area (Å²) in [7, 11) is 1.91. The quantitative estimate of drug-likeness (QED) is 0.391. The molecule has 1 aliphatic rings. The molecule has 7 nitrogen and oxygen atoms in total. The number of aryl methyl sites for hydroxylation is 1. The third-order valence-corrected chi connectivity index (χ3v) is 8.30. The maximum Gasteiger partial charge on any atom is 0.291 e. The fourth-order valence-electron chi connectivity index (χ4n) is 4.21. The SMILES string of the molecule is Cn1c2nc(SCC3C=CC=CC3)sc2c2cnn(Cc3cccc4[nH]ncc34)c(=O)c21. The minimum absolute atomic E-state index is 0.107. The lowest BCUT2D eigenvalue weighted by molar-refractivity contribution is 0.647. The zero-order chi connectivity index (χ0) is 21.7. The lowest BCUT2D eigenvalue weighted by Crippen LogP contribution is -2.24. The second kappa shape index (κ2) is 7.75. The number of rotatable bonds is 5. The maximum atomic E-state index is 13.3. The smallest absolute Gasteiger partial charge is 0.291 e. The van der Waals surface area contributed by atoms with Gasteiger partial charge in [-0.3, -0.25) is 9.89 Å². The van der Waals surface area contributed by atoms with Crippen molar-refractivity contribution in [1.82, 2.24) is 29.5 Å². The molecule has 1 aliphatic carbocycles. The molecule has 1 atom stereocenters. The highest BCUT2D eigenvalue weighted by Gasteiger charge is 2.19. The summed E-state index contributed by atoms with van der Waals surface area (Å²) in [6, 6.07) is 5.93. The van der Waals surface area contributed by atoms with Gasteiger partial charge >= 0.3 is 0 Å². The van der Waals surface area contributed by atoms with Crippen LogP contribution in [0, 0.1) is 5.92 Å². The number of nitrogens with one attached hydrogen (secondary N) is 1. The number of H-pyrrole nitrogens is 1. The Bertz CT molecular complexity index is 1580. The van der Waals surface area contributed by atoms with Gasteiger partial charge in [0.1, 0.15) is 5.52 Å². The Balaban J connectivity index is 1.34. The molecule has 32 heavy (non-hydrogen) atoms. The van der Waals surface area contributed by atoms with Gasteiger partial charge < -0.3 is 4.57 Å². The molecule has 4 aromatic heterocycles. The van der Waals surface area contributed by atoms with Gasteiger partial charge in [0, 0.05) is 23.6 Å². The number of benzene rings is 1. The average Bonchev–Trinajstić information content (AvgIpc) is 3.52. The van der Waals surface area contributed by atoms with Gasteiger partial charge in [-0.25, -0.2) is 9.67 Å². The molecule has 160 valence electrons. The molecule has 1 unspecified atom stereocenters. The van der Waals surface area contributed by atoms with E-state index in [4.69, 9.17) is 4.98 Å². The van der Waals surface area contributed by atoms with Crippen molar-refractivity contribution in [3.05, 3.63) is 70.8 Å². The van der Waals surface area contributed by atoms with E-state index in [1.54, 1.807) is 35.5 Å². The number of allylic oxidation sites excluding steroid dienone is 4. The summed E-state index contributed by atoms with van der Waals surface area (Å²) in [6.45, 7) is 0.391. The van der Waals surface area contributed by atoms with Gasteiger partial charge in [-0.1, -0.05) is 48.2 Å². The average molecular weight is 461 g/mol. The lowest BCUT2D eigenvalue weighted by Gasteiger charge is -2.10. The molecular weight excluding hydrogens is 440 g/mol. The van der Waals surface area contributed by atoms with Crippen LogP contribution in [0.5, 0.6) is 0 Å². The van der Waals surface area contributed by atoms with Crippen molar-refractivity contribution in [3.63, 3.8) is 0 Å². The van der Waals surface area contributed by atoms with Crippen LogP contribution in [0.15, 0.2) is 64.0 Å². The number of fused-ring (bicyclic) bond motifs is 4. The van der Waals surface area contributed by atoms with Crippen LogP contribution in [-0.2, 0) is 13.6 Å². The number of hydrogen-bond donors (Lipinski definition) is 1. The molecule has 4 heterocycles. The number of aromatic amines is 1. The van der Waals surface area contributed by atoms with Gasteiger partial charge in [-0.05, 0) is 24.0 Å². The van der Waals surface area contributed by atoms with Crippen LogP contribution in [0.3, 0.4) is 0 Å². The van der Waals surface area contributed by atoms with E-state index in [9.17, 15) is 4.79 Å². The van der Waals surface area contributed by atoms with Crippen molar-refractivity contribution in [2.75, 3.05) is 5.75 Å². The third-order valence-electron chi connectivity index (χ3n) is 5.89. The number of hydrogen-bond acceptors (Lipinski definition) is 6. The molecular formula is C23H20N6OS2. The molecule has 0 fully saturated rings. The van der Waals surface area contributed by atoms with Crippen molar-refractivity contribution in [3.8, 4) is 0 Å². The van der Waals surface area contributed by atoms with Crippen LogP contribution in [0.25, 0.3) is 32.2 Å². The molecule has 0 spiro atoms. The Morgan fingerprint density at radius 2 is 2.19 bits per heavy atom. The molecule has 0 saturated heterocycles. The second-order valence-electron chi connectivity index (χ2n) is 7.93. The van der Waals surface area contributed by atoms with Gasteiger partial charge in [0.15, 0.2) is 9.99 Å². The molecule has 5 aromatic rings. The van der Waals surface area contributed by atoms with Gasteiger partial charge in [0.2, 0.25) is 0 Å². The van der Waals surface area contributed by atoms with E-state index in [1.165, 1.54) is 4.68 Å². The van der Waals surface area contributed by atoms with Gasteiger partial charge in [0.25, 0.3) is 5.56 Å². The van der Waals surface area contributed by atoms with Crippen molar-refractivity contribution in [2.45, 2.75) is 17.3 Å². The topological polar surface area (TPSA) is 81.4 Å². The van der Waals surface area contributed by atoms with Crippen molar-refractivity contribution in [2.24, 2.45) is 13.0 Å². The highest BCUT2D eigenvalue weighted by atomic mass is 32.2. The van der Waals surface area contributed by atoms with Crippen LogP contribution < -0.4 is 5.56 Å². The molecule has 6 rings (SSSR count). The monoisotopic (exact) mass is 460 g/mol. The standard InChI is InChI=1S/C23H20N6OS2/c1-28-19-17(20-21(28)26-23(32-20)31-13-14-6-3-2-4-7-14)11-25-29(22(19)30)12-15-8-5-9-18-16(15)10-24-27-18/h2-6,8-11,14H,7,12-13H2,1H3,(H,24,27). The van der Waals surface area contributed by atoms with Crippen LogP contribution in [0.4, 0.5) is 0 Å². The number of thioether (sulfide) groups is 1. The summed E-state index contributed by atoms with van der Waals surface area (Å²) in [4.78, 5) is 18.2. The van der Waals surface area contributed by atoms with Crippen LogP contribution in [0.1, 0.15) is 12.0 Å². The molecule has 9 heteroatoms. The van der Waals surface area contributed by atoms with E-state index < -0.39 is 0 Å². The van der Waals surface area contributed by atoms with Crippen LogP contribution in [-0.4, -0.2) is 35.3 Å². The highest BCUT2D eigenvalue weighted by Crippen LogP contribution is 2.36. The Labute approximate surface area is 191 Å². The first-order valence-corrected chi connectivity index (χ1v) is 12.2. The first-order valence-electron chi connectivity index (χ1n) is 10.4. The number of nitrogens with zero attached hydrogens (tertiary/aromatic N) is 5. The molecule has 0 amide bonds. The van der Waals surface area contributed by atoms with Gasteiger partial charge in [0.05, 0.1) is 29.2 Å². The number of aromatic nitrogens is 6. The Kier molecular flexibility index (Phi) is 4.73. The van der Waals surface area contributed by atoms with E-state index >= 15 is 0 Å². The summed E-state index contributed by atoms with van der Waals surface area (Å²) in [5, 5.41) is 13.5. The Morgan fingerprint density at radius 1 is 1.25 bits per heavy atom. The van der Waals surface area contributed by atoms with Gasteiger partial charge in [-0.15, -0.1) is 11.3 Å². The van der Waals surface area contributed by atoms with Gasteiger partial charge in [-0.2, -0.15) is 10.2 Å². The van der Waals surface area contributed by atoms with Crippen molar-refractivity contribution < 1.29 is 0 Å². The first kappa shape index (κ1) is 19.5. The minimum Gasteiger partial charge on any atom is -0.323 e. The predicted molar refractivity (Wildman–Crippen MR) is 130 cm³/mol. The third kappa shape index (κ3) is 3.20. The van der Waals surface area contributed by atoms with Crippen LogP contribution >= 0.6 is 23.1 Å². The molecule has 0 saturated carbocycles. The van der Waals surface area contributed by atoms with E-state index in [2.05, 4.69) is 39.6 Å². The highest BCUT2D eigenvalue weighted by molar-refractivity contribution is 8.01. The van der Waals surface area contributed by atoms with E-state index in [-0.39, 0.29) is 5.56 Å². The zero-order valence-electron chi connectivity index (χ0n) is 17.4. The summed E-state index contributed by atoms with van der Waals surface area (Å²) < 4.78 is 5.49. The Hall–Kier alpha value is -3.17. The van der Waals surface area contributed by atoms with E-state index in [0.717, 1.165) is 48.7 Å². The normalized spacial score (nSPS) is 16.1. The fraction of sp³-hybridized carbons (Fsp3) is 0.217. The first-order chi connectivity index (χ1) is 15.7. The van der Waals surface area contributed by atoms with Crippen molar-refractivity contribution in [1.29, 1.82) is 0 Å². The van der Waals surface area contributed by atoms with E-state index in [1.807, 2.05) is 29.8 Å². The minimum atomic E-state index is -0.107. The lowest BCUT2D eigenvalue weighted by atomic mass is 10.0. The maximum absolute atomic E-state index is 13.3. The summed E-state index contributed by atoms with van der Waals surface area (Å²) in [5.41, 5.74) is 3.34. The second-order valence-corrected chi connectivity index (χ2v) is 10.2. The fourth-order valence-corrected chi connectivity index (χ4v) is 6.49. The summed E-state index contributed by atoms with van der Waals surface area (Å²) >= 11 is 3.43. The molecule has 0 bridgehead atoms. The molecule has 0 radical (unpaired) electrons. The van der Waals surface area contributed by atoms with Crippen molar-refractivity contribution >= 4 is 55.3 Å². The summed E-state index contributed by atoms with van der Waals surface area (Å²) in [5.74, 6) is 1.55. The summed E-state index contributed by atoms with van der Waals surface area (Å²) in [6.07, 6.45) is 13.3. The largest absolute Gasteiger partial charge is 0.323 e. The van der Waals surface area contributed by atoms with Crippen LogP contribution in [0.2, 0.25) is 0 Å². The molecule has 1 N–H and O–H groups in total. The number of thiazole rings is 1. The zero-order valence-corrected chi connectivity index (χ0v) is 19.0. The Morgan fingerprint density at radius 3 is 3.06 bits per heavy atom.